The largest absolute Gasteiger partial charge is 0.514 e. The Hall–Kier alpha value is -2.76. The molecule has 0 atom stereocenters. The summed E-state index contributed by atoms with van der Waals surface area (Å²) in [5, 5.41) is 0. The van der Waals surface area contributed by atoms with E-state index in [9.17, 15) is 14.0 Å². The van der Waals surface area contributed by atoms with Gasteiger partial charge >= 0.3 is 6.16 Å². The lowest BCUT2D eigenvalue weighted by atomic mass is 10.1. The molecule has 2 rings (SSSR count). The smallest absolute Gasteiger partial charge is 0.428 e. The van der Waals surface area contributed by atoms with E-state index in [1.165, 1.54) is 24.3 Å². The molecule has 1 aromatic carbocycles. The number of rotatable bonds is 2. The quantitative estimate of drug-likeness (QED) is 0.782. The van der Waals surface area contributed by atoms with E-state index in [0.717, 1.165) is 6.20 Å². The molecule has 0 unspecified atom stereocenters. The molecule has 1 heterocycles. The topological polar surface area (TPSA) is 65.5 Å². The summed E-state index contributed by atoms with van der Waals surface area (Å²) < 4.78 is 23.4. The van der Waals surface area contributed by atoms with E-state index in [1.54, 1.807) is 33.8 Å². The van der Waals surface area contributed by atoms with Crippen LogP contribution in [-0.2, 0) is 4.74 Å². The molecule has 2 aromatic rings. The maximum Gasteiger partial charge on any atom is 0.514 e. The third-order valence-corrected chi connectivity index (χ3v) is 3.02. The Kier molecular flexibility index (Phi) is 4.97. The van der Waals surface area contributed by atoms with Gasteiger partial charge in [-0.3, -0.25) is 9.78 Å². The van der Waals surface area contributed by atoms with Crippen LogP contribution in [0.5, 0.6) is 5.75 Å². The van der Waals surface area contributed by atoms with Gasteiger partial charge in [0.25, 0.3) is 0 Å². The Balaban J connectivity index is 2.35. The number of ether oxygens (including phenoxy) is 2. The summed E-state index contributed by atoms with van der Waals surface area (Å²) in [7, 11) is 0. The van der Waals surface area contributed by atoms with Gasteiger partial charge in [0.2, 0.25) is 5.43 Å². The van der Waals surface area contributed by atoms with Gasteiger partial charge in [-0.15, -0.1) is 0 Å². The minimum absolute atomic E-state index is 0.169. The molecule has 6 heteroatoms. The van der Waals surface area contributed by atoms with E-state index in [2.05, 4.69) is 4.98 Å². The summed E-state index contributed by atoms with van der Waals surface area (Å²) in [5.74, 6) is -0.646. The molecule has 0 aliphatic carbocycles. The van der Waals surface area contributed by atoms with Crippen molar-refractivity contribution in [3.05, 3.63) is 58.3 Å². The van der Waals surface area contributed by atoms with Crippen LogP contribution in [-0.4, -0.2) is 16.7 Å². The minimum atomic E-state index is -0.962. The number of carbonyl (C=O) groups is 1. The number of pyridine rings is 1. The van der Waals surface area contributed by atoms with E-state index >= 15 is 0 Å². The maximum absolute atomic E-state index is 13.4. The lowest BCUT2D eigenvalue weighted by Crippen LogP contribution is -2.26. The summed E-state index contributed by atoms with van der Waals surface area (Å²) >= 11 is 0. The zero-order chi connectivity index (χ0) is 17.9. The molecule has 0 amide bonds. The van der Waals surface area contributed by atoms with Gasteiger partial charge in [-0.05, 0) is 51.5 Å². The Bertz CT molecular complexity index is 828. The number of aromatic nitrogens is 1. The van der Waals surface area contributed by atoms with Crippen molar-refractivity contribution < 1.29 is 18.7 Å². The highest BCUT2D eigenvalue weighted by Crippen LogP contribution is 2.22. The second-order valence-electron chi connectivity index (χ2n) is 6.20. The zero-order valence-electron chi connectivity index (χ0n) is 13.9. The van der Waals surface area contributed by atoms with Gasteiger partial charge in [0.15, 0.2) is 5.75 Å². The van der Waals surface area contributed by atoms with Gasteiger partial charge in [0.05, 0.1) is 6.20 Å². The molecule has 0 spiro atoms. The summed E-state index contributed by atoms with van der Waals surface area (Å²) in [5.41, 5.74) is 0.523. The van der Waals surface area contributed by atoms with Crippen molar-refractivity contribution in [1.82, 2.24) is 4.98 Å². The Labute approximate surface area is 139 Å². The van der Waals surface area contributed by atoms with Crippen molar-refractivity contribution in [3.63, 3.8) is 0 Å². The van der Waals surface area contributed by atoms with Crippen LogP contribution in [0.4, 0.5) is 9.18 Å². The second-order valence-corrected chi connectivity index (χ2v) is 6.20. The van der Waals surface area contributed by atoms with Crippen LogP contribution in [0.2, 0.25) is 0 Å². The third-order valence-electron chi connectivity index (χ3n) is 3.02. The fraction of sp³-hybridized carbons (Fsp3) is 0.278. The van der Waals surface area contributed by atoms with Crippen molar-refractivity contribution in [3.8, 4) is 16.9 Å². The maximum atomic E-state index is 13.4. The Morgan fingerprint density at radius 1 is 1.17 bits per heavy atom. The van der Waals surface area contributed by atoms with Gasteiger partial charge in [0.1, 0.15) is 11.4 Å². The first-order valence-corrected chi connectivity index (χ1v) is 7.33. The molecule has 1 aromatic heterocycles. The zero-order valence-corrected chi connectivity index (χ0v) is 13.9. The Morgan fingerprint density at radius 2 is 1.83 bits per heavy atom. The molecular formula is C18H18FNO4. The molecule has 5 nitrogen and oxygen atoms in total. The van der Waals surface area contributed by atoms with Crippen LogP contribution < -0.4 is 10.2 Å². The lowest BCUT2D eigenvalue weighted by molar-refractivity contribution is 0.0204. The third kappa shape index (κ3) is 4.62. The van der Waals surface area contributed by atoms with Crippen LogP contribution in [0.1, 0.15) is 26.5 Å². The molecule has 24 heavy (non-hydrogen) atoms. The number of carbonyl (C=O) groups excluding carboxylic acids is 1. The molecule has 0 fully saturated rings. The molecule has 0 radical (unpaired) electrons. The fourth-order valence-corrected chi connectivity index (χ4v) is 1.98. The van der Waals surface area contributed by atoms with Crippen molar-refractivity contribution >= 4 is 6.16 Å². The van der Waals surface area contributed by atoms with E-state index in [0.29, 0.717) is 16.8 Å². The van der Waals surface area contributed by atoms with Gasteiger partial charge < -0.3 is 9.47 Å². The molecule has 0 aliphatic rings. The van der Waals surface area contributed by atoms with Crippen LogP contribution in [0, 0.1) is 12.7 Å². The molecule has 0 bridgehead atoms. The standard InChI is InChI=1S/C18H18FNO4/c1-11-14(9-13(19)10-20-11)12-5-7-15(21)16(8-6-12)23-17(22)24-18(2,3)4/h5-10H,1-4H3. The Morgan fingerprint density at radius 3 is 2.50 bits per heavy atom. The highest BCUT2D eigenvalue weighted by Gasteiger charge is 2.18. The van der Waals surface area contributed by atoms with E-state index in [1.807, 2.05) is 0 Å². The first kappa shape index (κ1) is 17.6. The molecule has 0 N–H and O–H groups in total. The highest BCUT2D eigenvalue weighted by atomic mass is 19.1. The molecular weight excluding hydrogens is 313 g/mol. The van der Waals surface area contributed by atoms with Crippen molar-refractivity contribution in [2.75, 3.05) is 0 Å². The highest BCUT2D eigenvalue weighted by molar-refractivity contribution is 5.67. The van der Waals surface area contributed by atoms with Gasteiger partial charge in [-0.25, -0.2) is 9.18 Å². The van der Waals surface area contributed by atoms with Crippen LogP contribution >= 0.6 is 0 Å². The van der Waals surface area contributed by atoms with Crippen LogP contribution in [0.3, 0.4) is 0 Å². The first-order chi connectivity index (χ1) is 11.2. The number of hydrogen-bond donors (Lipinski definition) is 0. The average Bonchev–Trinajstić information content (AvgIpc) is 2.63. The van der Waals surface area contributed by atoms with Gasteiger partial charge in [-0.1, -0.05) is 12.1 Å². The van der Waals surface area contributed by atoms with Gasteiger partial charge in [0, 0.05) is 11.3 Å². The second kappa shape index (κ2) is 6.78. The molecule has 0 saturated carbocycles. The van der Waals surface area contributed by atoms with E-state index in [-0.39, 0.29) is 5.75 Å². The summed E-state index contributed by atoms with van der Waals surface area (Å²) in [6, 6.07) is 7.01. The number of hydrogen-bond acceptors (Lipinski definition) is 5. The van der Waals surface area contributed by atoms with Crippen molar-refractivity contribution in [1.29, 1.82) is 0 Å². The predicted octanol–water partition coefficient (Wildman–Crippen LogP) is 3.87. The summed E-state index contributed by atoms with van der Waals surface area (Å²) in [4.78, 5) is 27.7. The number of nitrogens with zero attached hydrogens (tertiary/aromatic N) is 1. The normalized spacial score (nSPS) is 11.0. The predicted molar refractivity (Wildman–Crippen MR) is 87.5 cm³/mol. The number of aryl methyl sites for hydroxylation is 1. The molecule has 0 aliphatic heterocycles. The minimum Gasteiger partial charge on any atom is -0.428 e. The van der Waals surface area contributed by atoms with E-state index < -0.39 is 23.0 Å². The fourth-order valence-electron chi connectivity index (χ4n) is 1.98. The van der Waals surface area contributed by atoms with Crippen LogP contribution in [0.25, 0.3) is 11.1 Å². The monoisotopic (exact) mass is 331 g/mol. The SMILES string of the molecule is Cc1ncc(F)cc1-c1ccc(OC(=O)OC(C)(C)C)c(=O)cc1. The van der Waals surface area contributed by atoms with Crippen LogP contribution in [0.15, 0.2) is 41.3 Å². The molecule has 0 saturated heterocycles. The molecule has 126 valence electrons. The first-order valence-electron chi connectivity index (χ1n) is 7.33. The van der Waals surface area contributed by atoms with E-state index in [4.69, 9.17) is 9.47 Å². The van der Waals surface area contributed by atoms with Crippen molar-refractivity contribution in [2.24, 2.45) is 0 Å². The lowest BCUT2D eigenvalue weighted by Gasteiger charge is -2.18. The average molecular weight is 331 g/mol. The summed E-state index contributed by atoms with van der Waals surface area (Å²) in [6.45, 7) is 6.80. The van der Waals surface area contributed by atoms with Crippen molar-refractivity contribution in [2.45, 2.75) is 33.3 Å². The number of halogens is 1. The van der Waals surface area contributed by atoms with Gasteiger partial charge in [-0.2, -0.15) is 0 Å². The summed E-state index contributed by atoms with van der Waals surface area (Å²) in [6.07, 6.45) is 0.161.